The van der Waals surface area contributed by atoms with E-state index < -0.39 is 11.9 Å². The normalized spacial score (nSPS) is 11.9. The third-order valence-corrected chi connectivity index (χ3v) is 3.87. The number of Topliss-reactive ketones (excluding diaryl/α,β-unsaturated/α-hetero) is 1. The quantitative estimate of drug-likeness (QED) is 0.438. The Labute approximate surface area is 133 Å². The van der Waals surface area contributed by atoms with Gasteiger partial charge in [0.1, 0.15) is 0 Å². The van der Waals surface area contributed by atoms with E-state index >= 15 is 0 Å². The van der Waals surface area contributed by atoms with Crippen molar-refractivity contribution < 1.29 is 19.5 Å². The molecule has 0 aliphatic heterocycles. The maximum Gasteiger partial charge on any atom is 0.372 e. The summed E-state index contributed by atoms with van der Waals surface area (Å²) in [5.74, 6) is -2.06. The van der Waals surface area contributed by atoms with Crippen LogP contribution in [0, 0.1) is 5.53 Å². The highest BCUT2D eigenvalue weighted by Crippen LogP contribution is 2.32. The van der Waals surface area contributed by atoms with Crippen molar-refractivity contribution in [1.29, 1.82) is 5.53 Å². The van der Waals surface area contributed by atoms with Gasteiger partial charge in [0, 0.05) is 34.9 Å². The SMILES string of the molecule is CCCC(C(=O)[O-])c1c(CCC(=O)C=[N+]=N)[nH]c2ccccc12. The molecule has 2 aromatic rings. The van der Waals surface area contributed by atoms with Crippen LogP contribution in [0.25, 0.3) is 10.9 Å². The van der Waals surface area contributed by atoms with Crippen LogP contribution in [0.2, 0.25) is 0 Å². The second-order valence-corrected chi connectivity index (χ2v) is 5.45. The number of hydrogen-bond acceptors (Lipinski definition) is 4. The Bertz CT molecular complexity index is 772. The summed E-state index contributed by atoms with van der Waals surface area (Å²) in [7, 11) is 0. The lowest BCUT2D eigenvalue weighted by molar-refractivity contribution is -0.308. The minimum Gasteiger partial charge on any atom is -0.549 e. The van der Waals surface area contributed by atoms with Gasteiger partial charge < -0.3 is 14.9 Å². The molecule has 0 aliphatic carbocycles. The topological polar surface area (TPSA) is 111 Å². The average Bonchev–Trinajstić information content (AvgIpc) is 2.89. The number of H-pyrrole nitrogens is 1. The monoisotopic (exact) mass is 313 g/mol. The lowest BCUT2D eigenvalue weighted by atomic mass is 9.90. The molecule has 0 amide bonds. The number of carbonyl (C=O) groups excluding carboxylic acids is 2. The summed E-state index contributed by atoms with van der Waals surface area (Å²) < 4.78 is 0. The highest BCUT2D eigenvalue weighted by molar-refractivity contribution is 6.25. The molecule has 120 valence electrons. The lowest BCUT2D eigenvalue weighted by Gasteiger charge is -2.19. The number of carbonyl (C=O) groups is 2. The third-order valence-electron chi connectivity index (χ3n) is 3.87. The fraction of sp³-hybridized carbons (Fsp3) is 0.353. The van der Waals surface area contributed by atoms with E-state index in [9.17, 15) is 14.7 Å². The number of nitrogens with zero attached hydrogens (tertiary/aromatic N) is 1. The first-order valence-electron chi connectivity index (χ1n) is 7.61. The zero-order chi connectivity index (χ0) is 16.8. The van der Waals surface area contributed by atoms with Crippen molar-refractivity contribution in [3.8, 4) is 0 Å². The maximum atomic E-state index is 11.6. The van der Waals surface area contributed by atoms with Crippen LogP contribution < -0.4 is 5.11 Å². The highest BCUT2D eigenvalue weighted by Gasteiger charge is 2.21. The van der Waals surface area contributed by atoms with E-state index in [1.165, 1.54) is 0 Å². The standard InChI is InChI=1S/C17H19N3O3/c1-2-5-13(17(22)23)16-12-6-3-4-7-14(12)20-15(16)9-8-11(21)10-19-18/h3-4,6-7,10,13,18,20H,2,5,8-9H2,1H3. The number of carboxylic acid groups (broad SMARTS) is 1. The summed E-state index contributed by atoms with van der Waals surface area (Å²) in [4.78, 5) is 29.3. The molecule has 0 bridgehead atoms. The number of aromatic amines is 1. The van der Waals surface area contributed by atoms with Crippen LogP contribution in [0.5, 0.6) is 0 Å². The summed E-state index contributed by atoms with van der Waals surface area (Å²) in [6.07, 6.45) is 2.72. The molecule has 0 spiro atoms. The number of aromatic nitrogens is 1. The van der Waals surface area contributed by atoms with Crippen molar-refractivity contribution in [2.24, 2.45) is 0 Å². The number of hydrogen-bond donors (Lipinski definition) is 2. The van der Waals surface area contributed by atoms with E-state index in [1.54, 1.807) is 0 Å². The smallest absolute Gasteiger partial charge is 0.372 e. The number of carboxylic acids is 1. The van der Waals surface area contributed by atoms with Crippen LogP contribution in [-0.2, 0) is 16.0 Å². The molecule has 1 aromatic carbocycles. The molecular formula is C17H19N3O3. The fourth-order valence-electron chi connectivity index (χ4n) is 2.87. The first-order valence-corrected chi connectivity index (χ1v) is 7.61. The molecule has 6 nitrogen and oxygen atoms in total. The van der Waals surface area contributed by atoms with Crippen molar-refractivity contribution >= 4 is 28.9 Å². The third kappa shape index (κ3) is 3.73. The molecule has 1 unspecified atom stereocenters. The molecule has 23 heavy (non-hydrogen) atoms. The fourth-order valence-corrected chi connectivity index (χ4v) is 2.87. The molecule has 0 radical (unpaired) electrons. The summed E-state index contributed by atoms with van der Waals surface area (Å²) in [5.41, 5.74) is 8.97. The van der Waals surface area contributed by atoms with Crippen LogP contribution in [0.1, 0.15) is 43.4 Å². The van der Waals surface area contributed by atoms with E-state index in [0.717, 1.165) is 29.2 Å². The molecular weight excluding hydrogens is 294 g/mol. The Morgan fingerprint density at radius 2 is 2.13 bits per heavy atom. The molecule has 0 fully saturated rings. The van der Waals surface area contributed by atoms with E-state index in [2.05, 4.69) is 9.77 Å². The summed E-state index contributed by atoms with van der Waals surface area (Å²) >= 11 is 0. The number of aliphatic carboxylic acids is 1. The van der Waals surface area contributed by atoms with Crippen molar-refractivity contribution in [3.63, 3.8) is 0 Å². The number of nitrogens with one attached hydrogen (secondary N) is 2. The number of para-hydroxylation sites is 1. The van der Waals surface area contributed by atoms with Gasteiger partial charge in [0.25, 0.3) is 0 Å². The van der Waals surface area contributed by atoms with Crippen molar-refractivity contribution in [2.75, 3.05) is 0 Å². The van der Waals surface area contributed by atoms with Gasteiger partial charge in [-0.3, -0.25) is 4.79 Å². The first kappa shape index (κ1) is 16.6. The van der Waals surface area contributed by atoms with Crippen LogP contribution in [0.4, 0.5) is 0 Å². The van der Waals surface area contributed by atoms with Crippen LogP contribution in [0.3, 0.4) is 0 Å². The van der Waals surface area contributed by atoms with Crippen molar-refractivity contribution in [1.82, 2.24) is 4.98 Å². The first-order chi connectivity index (χ1) is 11.1. The van der Waals surface area contributed by atoms with Gasteiger partial charge in [0.05, 0.1) is 10.3 Å². The Kier molecular flexibility index (Phi) is 5.44. The minimum atomic E-state index is -1.10. The van der Waals surface area contributed by atoms with Gasteiger partial charge in [-0.25, -0.2) is 0 Å². The van der Waals surface area contributed by atoms with Crippen molar-refractivity contribution in [2.45, 2.75) is 38.5 Å². The molecule has 0 saturated heterocycles. The zero-order valence-electron chi connectivity index (χ0n) is 13.0. The summed E-state index contributed by atoms with van der Waals surface area (Å²) in [6.45, 7) is 1.93. The number of ketones is 1. The molecule has 2 N–H and O–H groups in total. The minimum absolute atomic E-state index is 0.175. The number of benzene rings is 1. The second kappa shape index (κ2) is 7.51. The number of rotatable bonds is 8. The highest BCUT2D eigenvalue weighted by atomic mass is 16.4. The van der Waals surface area contributed by atoms with E-state index in [4.69, 9.17) is 5.53 Å². The van der Waals surface area contributed by atoms with Crippen LogP contribution in [0.15, 0.2) is 24.3 Å². The lowest BCUT2D eigenvalue weighted by Crippen LogP contribution is -2.30. The molecule has 6 heteroatoms. The summed E-state index contributed by atoms with van der Waals surface area (Å²) in [5, 5.41) is 12.4. The van der Waals surface area contributed by atoms with Gasteiger partial charge in [0.2, 0.25) is 5.78 Å². The van der Waals surface area contributed by atoms with Gasteiger partial charge in [-0.2, -0.15) is 0 Å². The molecule has 0 aliphatic rings. The molecule has 1 heterocycles. The zero-order valence-corrected chi connectivity index (χ0v) is 13.0. The van der Waals surface area contributed by atoms with E-state index in [0.29, 0.717) is 18.4 Å². The van der Waals surface area contributed by atoms with E-state index in [-0.39, 0.29) is 12.2 Å². The molecule has 1 aromatic heterocycles. The Balaban J connectivity index is 2.46. The van der Waals surface area contributed by atoms with Gasteiger partial charge >= 0.3 is 6.21 Å². The summed E-state index contributed by atoms with van der Waals surface area (Å²) in [6, 6.07) is 7.49. The van der Waals surface area contributed by atoms with E-state index in [1.807, 2.05) is 31.2 Å². The average molecular weight is 313 g/mol. The van der Waals surface area contributed by atoms with Gasteiger partial charge in [-0.15, -0.1) is 0 Å². The molecule has 2 rings (SSSR count). The second-order valence-electron chi connectivity index (χ2n) is 5.45. The van der Waals surface area contributed by atoms with Crippen molar-refractivity contribution in [3.05, 3.63) is 35.5 Å². The van der Waals surface area contributed by atoms with Gasteiger partial charge in [-0.1, -0.05) is 31.5 Å². The predicted molar refractivity (Wildman–Crippen MR) is 83.3 cm³/mol. The number of fused-ring (bicyclic) bond motifs is 1. The Morgan fingerprint density at radius 1 is 1.39 bits per heavy atom. The van der Waals surface area contributed by atoms with Gasteiger partial charge in [-0.05, 0) is 24.5 Å². The van der Waals surface area contributed by atoms with Gasteiger partial charge in [0.15, 0.2) is 0 Å². The Hall–Kier alpha value is -2.72. The molecule has 1 atom stereocenters. The Morgan fingerprint density at radius 3 is 2.78 bits per heavy atom. The number of aryl methyl sites for hydroxylation is 1. The van der Waals surface area contributed by atoms with Crippen LogP contribution >= 0.6 is 0 Å². The van der Waals surface area contributed by atoms with Crippen LogP contribution in [-0.4, -0.2) is 27.7 Å². The molecule has 0 saturated carbocycles. The largest absolute Gasteiger partial charge is 0.549 e. The maximum absolute atomic E-state index is 11.6. The predicted octanol–water partition coefficient (Wildman–Crippen LogP) is 1.61.